The van der Waals surface area contributed by atoms with Gasteiger partial charge in [0.05, 0.1) is 5.69 Å². The van der Waals surface area contributed by atoms with E-state index in [1.807, 2.05) is 31.2 Å². The van der Waals surface area contributed by atoms with Gasteiger partial charge in [-0.1, -0.05) is 28.1 Å². The highest BCUT2D eigenvalue weighted by Crippen LogP contribution is 2.15. The van der Waals surface area contributed by atoms with Gasteiger partial charge in [-0.05, 0) is 31.7 Å². The third-order valence-corrected chi connectivity index (χ3v) is 4.84. The molecular formula is C17H21BrN4O. The monoisotopic (exact) mass is 376 g/mol. The molecule has 0 radical (unpaired) electrons. The summed E-state index contributed by atoms with van der Waals surface area (Å²) in [4.78, 5) is 24.5. The quantitative estimate of drug-likeness (QED) is 0.891. The van der Waals surface area contributed by atoms with Crippen LogP contribution in [0.1, 0.15) is 16.8 Å². The van der Waals surface area contributed by atoms with Gasteiger partial charge in [0, 0.05) is 42.6 Å². The highest BCUT2D eigenvalue weighted by Gasteiger charge is 2.18. The number of likely N-dealkylation sites (N-methyl/N-ethyl adjacent to an activating group) is 1. The zero-order valence-corrected chi connectivity index (χ0v) is 15.1. The molecule has 122 valence electrons. The Balaban J connectivity index is 1.83. The molecule has 0 amide bonds. The van der Waals surface area contributed by atoms with E-state index in [9.17, 15) is 4.79 Å². The lowest BCUT2D eigenvalue weighted by molar-refractivity contribution is 0.311. The Hall–Kier alpha value is -1.66. The molecule has 1 fully saturated rings. The van der Waals surface area contributed by atoms with Crippen molar-refractivity contribution in [3.8, 4) is 0 Å². The Bertz CT molecular complexity index is 733. The van der Waals surface area contributed by atoms with Crippen molar-refractivity contribution in [2.75, 3.05) is 38.1 Å². The van der Waals surface area contributed by atoms with Gasteiger partial charge < -0.3 is 9.80 Å². The summed E-state index contributed by atoms with van der Waals surface area (Å²) in [5.41, 5.74) is 2.63. The summed E-state index contributed by atoms with van der Waals surface area (Å²) in [6.07, 6.45) is 0.602. The van der Waals surface area contributed by atoms with Gasteiger partial charge in [-0.15, -0.1) is 0 Å². The average Bonchev–Trinajstić information content (AvgIpc) is 2.53. The van der Waals surface area contributed by atoms with Crippen molar-refractivity contribution in [2.24, 2.45) is 0 Å². The SMILES string of the molecule is Cc1nc(N2CCN(C)CC2)[nH]c(=O)c1Cc1ccc(Br)cc1. The number of hydrogen-bond donors (Lipinski definition) is 1. The minimum absolute atomic E-state index is 0.0330. The standard InChI is InChI=1S/C17H21BrN4O/c1-12-15(11-13-3-5-14(18)6-4-13)16(23)20-17(19-12)22-9-7-21(2)8-10-22/h3-6H,7-11H2,1-2H3,(H,19,20,23). The molecule has 3 rings (SSSR count). The maximum Gasteiger partial charge on any atom is 0.256 e. The first kappa shape index (κ1) is 16.2. The van der Waals surface area contributed by atoms with Crippen LogP contribution >= 0.6 is 15.9 Å². The fraction of sp³-hybridized carbons (Fsp3) is 0.412. The van der Waals surface area contributed by atoms with E-state index in [1.54, 1.807) is 0 Å². The summed E-state index contributed by atoms with van der Waals surface area (Å²) in [5.74, 6) is 0.695. The minimum atomic E-state index is -0.0330. The lowest BCUT2D eigenvalue weighted by Crippen LogP contribution is -2.45. The van der Waals surface area contributed by atoms with E-state index in [1.165, 1.54) is 0 Å². The summed E-state index contributed by atoms with van der Waals surface area (Å²) in [6, 6.07) is 8.03. The number of anilines is 1. The Morgan fingerprint density at radius 2 is 1.83 bits per heavy atom. The van der Waals surface area contributed by atoms with Gasteiger partial charge in [0.15, 0.2) is 0 Å². The smallest absolute Gasteiger partial charge is 0.256 e. The number of nitrogens with one attached hydrogen (secondary N) is 1. The van der Waals surface area contributed by atoms with Gasteiger partial charge in [-0.3, -0.25) is 9.78 Å². The van der Waals surface area contributed by atoms with Crippen LogP contribution in [0, 0.1) is 6.92 Å². The number of hydrogen-bond acceptors (Lipinski definition) is 4. The normalized spacial score (nSPS) is 15.9. The topological polar surface area (TPSA) is 52.2 Å². The zero-order valence-electron chi connectivity index (χ0n) is 13.5. The van der Waals surface area contributed by atoms with Crippen molar-refractivity contribution in [1.29, 1.82) is 0 Å². The molecule has 23 heavy (non-hydrogen) atoms. The largest absolute Gasteiger partial charge is 0.340 e. The second kappa shape index (κ2) is 6.84. The van der Waals surface area contributed by atoms with Crippen LogP contribution in [0.25, 0.3) is 0 Å². The predicted octanol–water partition coefficient (Wildman–Crippen LogP) is 2.18. The molecule has 2 aromatic rings. The summed E-state index contributed by atoms with van der Waals surface area (Å²) in [5, 5.41) is 0. The van der Waals surface area contributed by atoms with E-state index in [-0.39, 0.29) is 5.56 Å². The van der Waals surface area contributed by atoms with Gasteiger partial charge in [0.1, 0.15) is 0 Å². The molecule has 0 atom stereocenters. The number of halogens is 1. The number of benzene rings is 1. The number of aromatic amines is 1. The third-order valence-electron chi connectivity index (χ3n) is 4.31. The highest BCUT2D eigenvalue weighted by atomic mass is 79.9. The molecule has 1 aliphatic heterocycles. The molecule has 1 saturated heterocycles. The van der Waals surface area contributed by atoms with E-state index < -0.39 is 0 Å². The number of rotatable bonds is 3. The molecule has 0 unspecified atom stereocenters. The molecule has 6 heteroatoms. The van der Waals surface area contributed by atoms with Gasteiger partial charge in [0.2, 0.25) is 5.95 Å². The molecule has 0 bridgehead atoms. The number of H-pyrrole nitrogens is 1. The molecule has 1 aliphatic rings. The van der Waals surface area contributed by atoms with Crippen LogP contribution in [0.3, 0.4) is 0 Å². The van der Waals surface area contributed by atoms with E-state index in [4.69, 9.17) is 0 Å². The van der Waals surface area contributed by atoms with Crippen molar-refractivity contribution in [1.82, 2.24) is 14.9 Å². The number of nitrogens with zero attached hydrogens (tertiary/aromatic N) is 3. The van der Waals surface area contributed by atoms with Crippen LogP contribution in [0.4, 0.5) is 5.95 Å². The predicted molar refractivity (Wildman–Crippen MR) is 96.3 cm³/mol. The van der Waals surface area contributed by atoms with Crippen LogP contribution in [0.5, 0.6) is 0 Å². The highest BCUT2D eigenvalue weighted by molar-refractivity contribution is 9.10. The maximum absolute atomic E-state index is 12.5. The molecule has 0 aliphatic carbocycles. The molecule has 1 N–H and O–H groups in total. The van der Waals surface area contributed by atoms with Crippen molar-refractivity contribution in [2.45, 2.75) is 13.3 Å². The van der Waals surface area contributed by atoms with E-state index in [0.717, 1.165) is 47.5 Å². The second-order valence-corrected chi connectivity index (χ2v) is 6.96. The maximum atomic E-state index is 12.5. The van der Waals surface area contributed by atoms with Crippen molar-refractivity contribution < 1.29 is 0 Å². The van der Waals surface area contributed by atoms with Gasteiger partial charge >= 0.3 is 0 Å². The number of aryl methyl sites for hydroxylation is 1. The Labute approximate surface area is 144 Å². The molecule has 0 spiro atoms. The third kappa shape index (κ3) is 3.82. The minimum Gasteiger partial charge on any atom is -0.340 e. The first-order valence-electron chi connectivity index (χ1n) is 7.80. The fourth-order valence-electron chi connectivity index (χ4n) is 2.78. The molecular weight excluding hydrogens is 356 g/mol. The molecule has 1 aromatic heterocycles. The van der Waals surface area contributed by atoms with E-state index >= 15 is 0 Å². The van der Waals surface area contributed by atoms with Crippen molar-refractivity contribution in [3.05, 3.63) is 55.9 Å². The first-order chi connectivity index (χ1) is 11.0. The summed E-state index contributed by atoms with van der Waals surface area (Å²) < 4.78 is 1.04. The van der Waals surface area contributed by atoms with Crippen LogP contribution < -0.4 is 10.5 Å². The van der Waals surface area contributed by atoms with Crippen LogP contribution in [0.2, 0.25) is 0 Å². The molecule has 2 heterocycles. The van der Waals surface area contributed by atoms with E-state index in [2.05, 4.69) is 42.7 Å². The first-order valence-corrected chi connectivity index (χ1v) is 8.60. The lowest BCUT2D eigenvalue weighted by Gasteiger charge is -2.32. The van der Waals surface area contributed by atoms with Crippen LogP contribution in [-0.2, 0) is 6.42 Å². The Kier molecular flexibility index (Phi) is 4.82. The van der Waals surface area contributed by atoms with E-state index in [0.29, 0.717) is 12.4 Å². The lowest BCUT2D eigenvalue weighted by atomic mass is 10.1. The molecule has 5 nitrogen and oxygen atoms in total. The van der Waals surface area contributed by atoms with Gasteiger partial charge in [0.25, 0.3) is 5.56 Å². The average molecular weight is 377 g/mol. The zero-order chi connectivity index (χ0) is 16.4. The molecule has 1 aromatic carbocycles. The summed E-state index contributed by atoms with van der Waals surface area (Å²) in [6.45, 7) is 5.69. The summed E-state index contributed by atoms with van der Waals surface area (Å²) in [7, 11) is 2.11. The number of piperazine rings is 1. The van der Waals surface area contributed by atoms with Crippen LogP contribution in [-0.4, -0.2) is 48.1 Å². The number of aromatic nitrogens is 2. The van der Waals surface area contributed by atoms with Crippen molar-refractivity contribution >= 4 is 21.9 Å². The van der Waals surface area contributed by atoms with Gasteiger partial charge in [-0.2, -0.15) is 0 Å². The van der Waals surface area contributed by atoms with Crippen molar-refractivity contribution in [3.63, 3.8) is 0 Å². The fourth-order valence-corrected chi connectivity index (χ4v) is 3.04. The molecule has 0 saturated carbocycles. The second-order valence-electron chi connectivity index (χ2n) is 6.05. The Morgan fingerprint density at radius 3 is 2.43 bits per heavy atom. The van der Waals surface area contributed by atoms with Crippen LogP contribution in [0.15, 0.2) is 33.5 Å². The van der Waals surface area contributed by atoms with Gasteiger partial charge in [-0.25, -0.2) is 4.98 Å². The Morgan fingerprint density at radius 1 is 1.17 bits per heavy atom. The summed E-state index contributed by atoms with van der Waals surface area (Å²) >= 11 is 3.43.